The molecule has 1 fully saturated rings. The van der Waals surface area contributed by atoms with Crippen LogP contribution in [0.3, 0.4) is 0 Å². The number of hydrogen-bond donors (Lipinski definition) is 1. The van der Waals surface area contributed by atoms with Crippen molar-refractivity contribution in [2.24, 2.45) is 0 Å². The average Bonchev–Trinajstić information content (AvgIpc) is 2.46. The van der Waals surface area contributed by atoms with Gasteiger partial charge in [-0.3, -0.25) is 4.79 Å². The lowest BCUT2D eigenvalue weighted by molar-refractivity contribution is -0.133. The molecule has 1 aromatic carbocycles. The maximum Gasteiger partial charge on any atom is 0.229 e. The van der Waals surface area contributed by atoms with E-state index in [1.165, 1.54) is 0 Å². The molecule has 1 amide bonds. The molecule has 0 spiro atoms. The maximum absolute atomic E-state index is 12.5. The summed E-state index contributed by atoms with van der Waals surface area (Å²) < 4.78 is 0. The summed E-state index contributed by atoms with van der Waals surface area (Å²) >= 11 is 5.98. The first-order valence-electron chi connectivity index (χ1n) is 6.83. The van der Waals surface area contributed by atoms with E-state index in [9.17, 15) is 4.79 Å². The van der Waals surface area contributed by atoms with Gasteiger partial charge < -0.3 is 10.2 Å². The number of carbonyl (C=O) groups excluding carboxylic acids is 1. The van der Waals surface area contributed by atoms with Gasteiger partial charge in [-0.25, -0.2) is 0 Å². The van der Waals surface area contributed by atoms with E-state index < -0.39 is 0 Å². The molecule has 1 atom stereocenters. The molecule has 1 aromatic rings. The molecule has 1 aliphatic rings. The van der Waals surface area contributed by atoms with Gasteiger partial charge in [-0.2, -0.15) is 0 Å². The molecule has 5 heteroatoms. The van der Waals surface area contributed by atoms with Crippen molar-refractivity contribution in [2.45, 2.75) is 31.7 Å². The summed E-state index contributed by atoms with van der Waals surface area (Å²) in [5.74, 6) is 0.0849. The lowest BCUT2D eigenvalue weighted by Crippen LogP contribution is -2.45. The minimum absolute atomic E-state index is 0. The van der Waals surface area contributed by atoms with E-state index in [0.29, 0.717) is 11.1 Å². The second kappa shape index (κ2) is 7.87. The van der Waals surface area contributed by atoms with Crippen LogP contribution in [0.25, 0.3) is 0 Å². The van der Waals surface area contributed by atoms with Crippen molar-refractivity contribution in [1.82, 2.24) is 10.2 Å². The number of amides is 1. The number of rotatable bonds is 3. The summed E-state index contributed by atoms with van der Waals surface area (Å²) in [4.78, 5) is 14.4. The predicted octanol–water partition coefficient (Wildman–Crippen LogP) is 3.08. The Morgan fingerprint density at radius 3 is 2.60 bits per heavy atom. The van der Waals surface area contributed by atoms with Crippen LogP contribution in [0.4, 0.5) is 0 Å². The number of piperidine rings is 1. The van der Waals surface area contributed by atoms with Crippen LogP contribution in [-0.2, 0) is 4.79 Å². The van der Waals surface area contributed by atoms with Crippen LogP contribution >= 0.6 is 24.0 Å². The third-order valence-electron chi connectivity index (χ3n) is 3.93. The highest BCUT2D eigenvalue weighted by Crippen LogP contribution is 2.23. The van der Waals surface area contributed by atoms with E-state index in [4.69, 9.17) is 11.6 Å². The van der Waals surface area contributed by atoms with Crippen molar-refractivity contribution in [3.05, 3.63) is 34.9 Å². The molecule has 0 aromatic heterocycles. The Labute approximate surface area is 132 Å². The molecule has 0 aliphatic carbocycles. The van der Waals surface area contributed by atoms with Gasteiger partial charge in [-0.15, -0.1) is 12.4 Å². The molecule has 1 unspecified atom stereocenters. The van der Waals surface area contributed by atoms with Gasteiger partial charge in [0.25, 0.3) is 0 Å². The Bertz CT molecular complexity index is 445. The van der Waals surface area contributed by atoms with Crippen LogP contribution < -0.4 is 5.32 Å². The van der Waals surface area contributed by atoms with E-state index >= 15 is 0 Å². The van der Waals surface area contributed by atoms with E-state index in [0.717, 1.165) is 31.5 Å². The molecule has 0 radical (unpaired) electrons. The minimum atomic E-state index is -0.121. The predicted molar refractivity (Wildman–Crippen MR) is 85.8 cm³/mol. The van der Waals surface area contributed by atoms with Gasteiger partial charge in [0, 0.05) is 24.2 Å². The normalized spacial score (nSPS) is 17.4. The number of nitrogens with one attached hydrogen (secondary N) is 1. The van der Waals surface area contributed by atoms with Crippen molar-refractivity contribution in [1.29, 1.82) is 0 Å². The quantitative estimate of drug-likeness (QED) is 0.929. The molecular formula is C15H22Cl2N2O. The van der Waals surface area contributed by atoms with Gasteiger partial charge >= 0.3 is 0 Å². The zero-order chi connectivity index (χ0) is 13.8. The second-order valence-corrected chi connectivity index (χ2v) is 5.60. The lowest BCUT2D eigenvalue weighted by atomic mass is 9.97. The average molecular weight is 317 g/mol. The Morgan fingerprint density at radius 1 is 1.40 bits per heavy atom. The summed E-state index contributed by atoms with van der Waals surface area (Å²) in [5.41, 5.74) is 0.994. The van der Waals surface area contributed by atoms with Gasteiger partial charge in [0.05, 0.1) is 5.92 Å². The maximum atomic E-state index is 12.5. The number of likely N-dealkylation sites (tertiary alicyclic amines) is 1. The summed E-state index contributed by atoms with van der Waals surface area (Å²) in [6.07, 6.45) is 2.06. The standard InChI is InChI=1S/C15H21ClN2O.ClH/c1-11(12-4-3-5-13(16)10-12)15(19)18-8-6-14(17-2)7-9-18;/h3-5,10-11,14,17H,6-9H2,1-2H3;1H. The van der Waals surface area contributed by atoms with Gasteiger partial charge in [0.1, 0.15) is 0 Å². The fourth-order valence-electron chi connectivity index (χ4n) is 2.58. The lowest BCUT2D eigenvalue weighted by Gasteiger charge is -2.33. The fourth-order valence-corrected chi connectivity index (χ4v) is 2.78. The first-order chi connectivity index (χ1) is 9.11. The number of nitrogens with zero attached hydrogens (tertiary/aromatic N) is 1. The van der Waals surface area contributed by atoms with Crippen molar-refractivity contribution >= 4 is 29.9 Å². The molecule has 1 heterocycles. The smallest absolute Gasteiger partial charge is 0.229 e. The summed E-state index contributed by atoms with van der Waals surface area (Å²) in [7, 11) is 1.98. The zero-order valence-electron chi connectivity index (χ0n) is 11.9. The van der Waals surface area contributed by atoms with E-state index in [1.54, 1.807) is 0 Å². The molecule has 1 aliphatic heterocycles. The van der Waals surface area contributed by atoms with Gasteiger partial charge in [0.2, 0.25) is 5.91 Å². The highest BCUT2D eigenvalue weighted by Gasteiger charge is 2.26. The van der Waals surface area contributed by atoms with Crippen LogP contribution in [0.2, 0.25) is 5.02 Å². The number of hydrogen-bond acceptors (Lipinski definition) is 2. The molecule has 0 bridgehead atoms. The summed E-state index contributed by atoms with van der Waals surface area (Å²) in [6.45, 7) is 3.64. The third kappa shape index (κ3) is 4.11. The Balaban J connectivity index is 0.00000200. The molecular weight excluding hydrogens is 295 g/mol. The van der Waals surface area contributed by atoms with Crippen LogP contribution in [0.1, 0.15) is 31.2 Å². The van der Waals surface area contributed by atoms with Crippen LogP contribution in [0, 0.1) is 0 Å². The van der Waals surface area contributed by atoms with Crippen LogP contribution in [-0.4, -0.2) is 37.0 Å². The molecule has 0 saturated carbocycles. The van der Waals surface area contributed by atoms with E-state index in [1.807, 2.05) is 43.1 Å². The Kier molecular flexibility index (Phi) is 6.80. The topological polar surface area (TPSA) is 32.3 Å². The summed E-state index contributed by atoms with van der Waals surface area (Å²) in [6, 6.07) is 8.12. The van der Waals surface area contributed by atoms with Gasteiger partial charge in [-0.1, -0.05) is 23.7 Å². The van der Waals surface area contributed by atoms with Crippen molar-refractivity contribution in [3.8, 4) is 0 Å². The first-order valence-corrected chi connectivity index (χ1v) is 7.21. The fraction of sp³-hybridized carbons (Fsp3) is 0.533. The number of halogens is 2. The highest BCUT2D eigenvalue weighted by molar-refractivity contribution is 6.30. The van der Waals surface area contributed by atoms with Crippen molar-refractivity contribution in [3.63, 3.8) is 0 Å². The van der Waals surface area contributed by atoms with Crippen molar-refractivity contribution < 1.29 is 4.79 Å². The third-order valence-corrected chi connectivity index (χ3v) is 4.17. The monoisotopic (exact) mass is 316 g/mol. The molecule has 1 saturated heterocycles. The molecule has 2 rings (SSSR count). The van der Waals surface area contributed by atoms with Crippen molar-refractivity contribution in [2.75, 3.05) is 20.1 Å². The largest absolute Gasteiger partial charge is 0.342 e. The minimum Gasteiger partial charge on any atom is -0.342 e. The van der Waals surface area contributed by atoms with Crippen LogP contribution in [0.15, 0.2) is 24.3 Å². The summed E-state index contributed by atoms with van der Waals surface area (Å²) in [5, 5.41) is 3.96. The first kappa shape index (κ1) is 17.3. The van der Waals surface area contributed by atoms with Gasteiger partial charge in [-0.05, 0) is 44.5 Å². The van der Waals surface area contributed by atoms with Crippen LogP contribution in [0.5, 0.6) is 0 Å². The molecule has 20 heavy (non-hydrogen) atoms. The van der Waals surface area contributed by atoms with Gasteiger partial charge in [0.15, 0.2) is 0 Å². The SMILES string of the molecule is CNC1CCN(C(=O)C(C)c2cccc(Cl)c2)CC1.Cl. The zero-order valence-corrected chi connectivity index (χ0v) is 13.5. The number of carbonyl (C=O) groups is 1. The molecule has 3 nitrogen and oxygen atoms in total. The second-order valence-electron chi connectivity index (χ2n) is 5.16. The molecule has 1 N–H and O–H groups in total. The highest BCUT2D eigenvalue weighted by atomic mass is 35.5. The Morgan fingerprint density at radius 2 is 2.05 bits per heavy atom. The molecule has 112 valence electrons. The number of benzene rings is 1. The Hall–Kier alpha value is -0.770. The van der Waals surface area contributed by atoms with E-state index in [-0.39, 0.29) is 24.2 Å². The van der Waals surface area contributed by atoms with E-state index in [2.05, 4.69) is 5.32 Å².